The van der Waals surface area contributed by atoms with Gasteiger partial charge in [0.15, 0.2) is 5.69 Å². The summed E-state index contributed by atoms with van der Waals surface area (Å²) in [5.74, 6) is 0.443. The fourth-order valence-electron chi connectivity index (χ4n) is 4.97. The van der Waals surface area contributed by atoms with Crippen molar-refractivity contribution in [2.24, 2.45) is 11.8 Å². The van der Waals surface area contributed by atoms with E-state index in [9.17, 15) is 14.7 Å². The highest BCUT2D eigenvalue weighted by Gasteiger charge is 2.28. The van der Waals surface area contributed by atoms with Crippen molar-refractivity contribution in [3.05, 3.63) is 30.0 Å². The van der Waals surface area contributed by atoms with E-state index < -0.39 is 17.9 Å². The molecule has 0 radical (unpaired) electrons. The largest absolute Gasteiger partial charge is 0.496 e. The minimum Gasteiger partial charge on any atom is -0.496 e. The quantitative estimate of drug-likeness (QED) is 0.431. The fourth-order valence-corrected chi connectivity index (χ4v) is 4.97. The molecule has 1 aliphatic carbocycles. The highest BCUT2D eigenvalue weighted by molar-refractivity contribution is 5.96. The Labute approximate surface area is 208 Å². The standard InChI is InChI=1S/C27H39N3O5/c1-5-18(6-2)17-30-22(25-23(34-3)13-10-14-24(25)35-4)16-20(29-30)26(31)28-21(27(32)33)15-19-11-8-7-9-12-19/h10,13-14,16,18-19,21H,5-9,11-12,15,17H2,1-4H3,(H,28,31)(H,32,33)/t21-/m0/s1. The van der Waals surface area contributed by atoms with Crippen LogP contribution in [0, 0.1) is 11.8 Å². The monoisotopic (exact) mass is 485 g/mol. The molecule has 1 saturated carbocycles. The van der Waals surface area contributed by atoms with Gasteiger partial charge in [0.1, 0.15) is 17.5 Å². The number of ether oxygens (including phenoxy) is 2. The molecule has 35 heavy (non-hydrogen) atoms. The predicted molar refractivity (Wildman–Crippen MR) is 135 cm³/mol. The van der Waals surface area contributed by atoms with Gasteiger partial charge in [-0.15, -0.1) is 0 Å². The van der Waals surface area contributed by atoms with Crippen molar-refractivity contribution in [3.8, 4) is 22.8 Å². The van der Waals surface area contributed by atoms with E-state index in [2.05, 4.69) is 24.3 Å². The van der Waals surface area contributed by atoms with Gasteiger partial charge in [-0.3, -0.25) is 9.48 Å². The number of aromatic nitrogens is 2. The number of carboxylic acids is 1. The summed E-state index contributed by atoms with van der Waals surface area (Å²) in [6.45, 7) is 4.90. The van der Waals surface area contributed by atoms with Crippen LogP contribution in [0.2, 0.25) is 0 Å². The molecule has 0 saturated heterocycles. The lowest BCUT2D eigenvalue weighted by Crippen LogP contribution is -2.42. The van der Waals surface area contributed by atoms with Gasteiger partial charge in [0.05, 0.1) is 25.5 Å². The molecule has 0 spiro atoms. The Morgan fingerprint density at radius 3 is 2.29 bits per heavy atom. The Morgan fingerprint density at radius 1 is 1.11 bits per heavy atom. The van der Waals surface area contributed by atoms with Crippen LogP contribution < -0.4 is 14.8 Å². The third-order valence-electron chi connectivity index (χ3n) is 7.18. The summed E-state index contributed by atoms with van der Waals surface area (Å²) in [5, 5.41) is 17.2. The van der Waals surface area contributed by atoms with Crippen molar-refractivity contribution in [3.63, 3.8) is 0 Å². The third-order valence-corrected chi connectivity index (χ3v) is 7.18. The Balaban J connectivity index is 1.94. The zero-order chi connectivity index (χ0) is 25.4. The van der Waals surface area contributed by atoms with Gasteiger partial charge < -0.3 is 19.9 Å². The van der Waals surface area contributed by atoms with Crippen molar-refractivity contribution in [1.82, 2.24) is 15.1 Å². The number of nitrogens with zero attached hydrogens (tertiary/aromatic N) is 2. The lowest BCUT2D eigenvalue weighted by molar-refractivity contribution is -0.139. The highest BCUT2D eigenvalue weighted by Crippen LogP contribution is 2.39. The molecular weight excluding hydrogens is 446 g/mol. The molecule has 1 amide bonds. The molecule has 192 valence electrons. The molecule has 1 fully saturated rings. The second kappa shape index (κ2) is 12.6. The second-order valence-electron chi connectivity index (χ2n) is 9.42. The van der Waals surface area contributed by atoms with Crippen LogP contribution in [0.5, 0.6) is 11.5 Å². The smallest absolute Gasteiger partial charge is 0.326 e. The predicted octanol–water partition coefficient (Wildman–Crippen LogP) is 5.16. The zero-order valence-corrected chi connectivity index (χ0v) is 21.4. The molecule has 0 bridgehead atoms. The van der Waals surface area contributed by atoms with E-state index in [1.54, 1.807) is 20.3 Å². The lowest BCUT2D eigenvalue weighted by atomic mass is 9.85. The maximum Gasteiger partial charge on any atom is 0.326 e. The van der Waals surface area contributed by atoms with E-state index in [1.807, 2.05) is 22.9 Å². The molecule has 1 aromatic heterocycles. The van der Waals surface area contributed by atoms with E-state index >= 15 is 0 Å². The first kappa shape index (κ1) is 26.6. The van der Waals surface area contributed by atoms with Crippen LogP contribution in [0.4, 0.5) is 0 Å². The normalized spacial score (nSPS) is 15.1. The van der Waals surface area contributed by atoms with Gasteiger partial charge in [0.2, 0.25) is 0 Å². The van der Waals surface area contributed by atoms with Gasteiger partial charge in [-0.05, 0) is 36.5 Å². The van der Waals surface area contributed by atoms with E-state index in [1.165, 1.54) is 6.42 Å². The first-order chi connectivity index (χ1) is 16.9. The number of methoxy groups -OCH3 is 2. The van der Waals surface area contributed by atoms with Crippen molar-refractivity contribution in [2.45, 2.75) is 77.8 Å². The molecule has 2 aromatic rings. The van der Waals surface area contributed by atoms with Gasteiger partial charge in [-0.1, -0.05) is 64.9 Å². The molecule has 0 unspecified atom stereocenters. The highest BCUT2D eigenvalue weighted by atomic mass is 16.5. The molecule has 3 rings (SSSR count). The summed E-state index contributed by atoms with van der Waals surface area (Å²) in [6, 6.07) is 6.31. The molecule has 8 heteroatoms. The van der Waals surface area contributed by atoms with Crippen LogP contribution in [-0.4, -0.2) is 47.0 Å². The SMILES string of the molecule is CCC(CC)Cn1nc(C(=O)N[C@@H](CC2CCCCC2)C(=O)O)cc1-c1c(OC)cccc1OC. The average Bonchev–Trinajstić information content (AvgIpc) is 3.30. The number of nitrogens with one attached hydrogen (secondary N) is 1. The number of amides is 1. The van der Waals surface area contributed by atoms with Gasteiger partial charge in [-0.25, -0.2) is 4.79 Å². The maximum absolute atomic E-state index is 13.2. The number of aliphatic carboxylic acids is 1. The zero-order valence-electron chi connectivity index (χ0n) is 21.4. The summed E-state index contributed by atoms with van der Waals surface area (Å²) in [6.07, 6.45) is 7.87. The van der Waals surface area contributed by atoms with Gasteiger partial charge in [0, 0.05) is 6.54 Å². The summed E-state index contributed by atoms with van der Waals surface area (Å²) >= 11 is 0. The summed E-state index contributed by atoms with van der Waals surface area (Å²) in [7, 11) is 3.19. The Bertz CT molecular complexity index is 970. The minimum atomic E-state index is -1.01. The number of rotatable bonds is 12. The number of hydrogen-bond donors (Lipinski definition) is 2. The van der Waals surface area contributed by atoms with Crippen molar-refractivity contribution in [2.75, 3.05) is 14.2 Å². The summed E-state index contributed by atoms with van der Waals surface area (Å²) in [4.78, 5) is 25.2. The van der Waals surface area contributed by atoms with Crippen molar-refractivity contribution in [1.29, 1.82) is 0 Å². The molecular formula is C27H39N3O5. The lowest BCUT2D eigenvalue weighted by Gasteiger charge is -2.24. The minimum absolute atomic E-state index is 0.189. The molecule has 1 aliphatic rings. The number of hydrogen-bond acceptors (Lipinski definition) is 5. The van der Waals surface area contributed by atoms with Gasteiger partial charge in [-0.2, -0.15) is 5.10 Å². The van der Waals surface area contributed by atoms with Crippen molar-refractivity contribution >= 4 is 11.9 Å². The number of carbonyl (C=O) groups excluding carboxylic acids is 1. The molecule has 2 N–H and O–H groups in total. The van der Waals surface area contributed by atoms with Gasteiger partial charge >= 0.3 is 5.97 Å². The number of carbonyl (C=O) groups is 2. The number of benzene rings is 1. The first-order valence-electron chi connectivity index (χ1n) is 12.7. The van der Waals surface area contributed by atoms with Crippen LogP contribution in [0.3, 0.4) is 0 Å². The Morgan fingerprint density at radius 2 is 1.74 bits per heavy atom. The fraction of sp³-hybridized carbons (Fsp3) is 0.593. The second-order valence-corrected chi connectivity index (χ2v) is 9.42. The van der Waals surface area contributed by atoms with E-state index in [4.69, 9.17) is 9.47 Å². The van der Waals surface area contributed by atoms with Crippen LogP contribution in [0.1, 0.15) is 75.7 Å². The Kier molecular flexibility index (Phi) is 9.57. The van der Waals surface area contributed by atoms with Crippen LogP contribution in [0.25, 0.3) is 11.3 Å². The molecule has 0 aliphatic heterocycles. The van der Waals surface area contributed by atoms with E-state index in [0.29, 0.717) is 47.6 Å². The van der Waals surface area contributed by atoms with E-state index in [-0.39, 0.29) is 5.69 Å². The number of carboxylic acid groups (broad SMARTS) is 1. The molecule has 1 heterocycles. The van der Waals surface area contributed by atoms with Crippen LogP contribution >= 0.6 is 0 Å². The Hall–Kier alpha value is -3.03. The van der Waals surface area contributed by atoms with Crippen molar-refractivity contribution < 1.29 is 24.2 Å². The van der Waals surface area contributed by atoms with Crippen LogP contribution in [0.15, 0.2) is 24.3 Å². The molecule has 8 nitrogen and oxygen atoms in total. The maximum atomic E-state index is 13.2. The third kappa shape index (κ3) is 6.55. The molecule has 1 aromatic carbocycles. The summed E-state index contributed by atoms with van der Waals surface area (Å²) in [5.41, 5.74) is 1.61. The van der Waals surface area contributed by atoms with E-state index in [0.717, 1.165) is 38.5 Å². The summed E-state index contributed by atoms with van der Waals surface area (Å²) < 4.78 is 13.0. The average molecular weight is 486 g/mol. The molecule has 1 atom stereocenters. The first-order valence-corrected chi connectivity index (χ1v) is 12.7. The van der Waals surface area contributed by atoms with Gasteiger partial charge in [0.25, 0.3) is 5.91 Å². The topological polar surface area (TPSA) is 103 Å². The van der Waals surface area contributed by atoms with Crippen LogP contribution in [-0.2, 0) is 11.3 Å².